The van der Waals surface area contributed by atoms with Crippen molar-refractivity contribution in [2.24, 2.45) is 5.73 Å². The van der Waals surface area contributed by atoms with E-state index in [2.05, 4.69) is 4.98 Å². The third-order valence-corrected chi connectivity index (χ3v) is 2.75. The molecule has 0 atom stereocenters. The molecule has 0 aliphatic carbocycles. The maximum Gasteiger partial charge on any atom is 0.253 e. The molecule has 2 aromatic heterocycles. The van der Waals surface area contributed by atoms with Crippen molar-refractivity contribution >= 4 is 17.0 Å². The lowest BCUT2D eigenvalue weighted by Crippen LogP contribution is -2.11. The number of hydrogen-bond donors (Lipinski definition) is 1. The first-order chi connectivity index (χ1) is 8.77. The van der Waals surface area contributed by atoms with Crippen LogP contribution in [0.4, 0.5) is 0 Å². The van der Waals surface area contributed by atoms with Gasteiger partial charge < -0.3 is 10.2 Å². The first kappa shape index (κ1) is 10.5. The van der Waals surface area contributed by atoms with Gasteiger partial charge in [0.25, 0.3) is 5.91 Å². The predicted octanol–water partition coefficient (Wildman–Crippen LogP) is 2.59. The number of nitrogens with two attached hydrogens (primary N) is 1. The van der Waals surface area contributed by atoms with Crippen molar-refractivity contribution in [2.45, 2.75) is 0 Å². The van der Waals surface area contributed by atoms with Crippen molar-refractivity contribution in [3.63, 3.8) is 0 Å². The fraction of sp³-hybridized carbons (Fsp3) is 0. The molecule has 2 N–H and O–H groups in total. The van der Waals surface area contributed by atoms with Gasteiger partial charge in [0.15, 0.2) is 0 Å². The van der Waals surface area contributed by atoms with Crippen LogP contribution in [0.2, 0.25) is 0 Å². The maximum absolute atomic E-state index is 11.6. The summed E-state index contributed by atoms with van der Waals surface area (Å²) in [6.45, 7) is 0. The minimum Gasteiger partial charge on any atom is -0.437 e. The SMILES string of the molecule is NC(=O)c1c(-c2ccccc2)oc2ncccc12. The first-order valence-corrected chi connectivity index (χ1v) is 5.50. The van der Waals surface area contributed by atoms with Crippen molar-refractivity contribution in [2.75, 3.05) is 0 Å². The van der Waals surface area contributed by atoms with Gasteiger partial charge in [0.2, 0.25) is 5.71 Å². The van der Waals surface area contributed by atoms with Gasteiger partial charge in [-0.15, -0.1) is 0 Å². The highest BCUT2D eigenvalue weighted by molar-refractivity contribution is 6.09. The summed E-state index contributed by atoms with van der Waals surface area (Å²) in [6, 6.07) is 12.9. The minimum atomic E-state index is -0.513. The number of pyridine rings is 1. The van der Waals surface area contributed by atoms with E-state index in [9.17, 15) is 4.79 Å². The molecule has 3 aromatic rings. The Morgan fingerprint density at radius 1 is 1.11 bits per heavy atom. The fourth-order valence-electron chi connectivity index (χ4n) is 1.97. The largest absolute Gasteiger partial charge is 0.437 e. The van der Waals surface area contributed by atoms with Gasteiger partial charge >= 0.3 is 0 Å². The number of hydrogen-bond acceptors (Lipinski definition) is 3. The van der Waals surface area contributed by atoms with E-state index in [0.717, 1.165) is 5.56 Å². The van der Waals surface area contributed by atoms with Crippen LogP contribution in [0, 0.1) is 0 Å². The van der Waals surface area contributed by atoms with Crippen LogP contribution in [0.3, 0.4) is 0 Å². The molecule has 0 spiro atoms. The zero-order valence-electron chi connectivity index (χ0n) is 9.46. The summed E-state index contributed by atoms with van der Waals surface area (Å²) in [4.78, 5) is 15.7. The molecule has 3 rings (SSSR count). The molecule has 18 heavy (non-hydrogen) atoms. The highest BCUT2D eigenvalue weighted by atomic mass is 16.3. The van der Waals surface area contributed by atoms with Gasteiger partial charge in [-0.25, -0.2) is 4.98 Å². The van der Waals surface area contributed by atoms with Gasteiger partial charge in [0.05, 0.1) is 10.9 Å². The van der Waals surface area contributed by atoms with Gasteiger partial charge in [-0.2, -0.15) is 0 Å². The lowest BCUT2D eigenvalue weighted by atomic mass is 10.1. The monoisotopic (exact) mass is 238 g/mol. The number of furan rings is 1. The summed E-state index contributed by atoms with van der Waals surface area (Å²) < 4.78 is 5.63. The van der Waals surface area contributed by atoms with E-state index in [1.54, 1.807) is 18.3 Å². The lowest BCUT2D eigenvalue weighted by molar-refractivity contribution is 0.100. The van der Waals surface area contributed by atoms with Crippen LogP contribution in [0.5, 0.6) is 0 Å². The Balaban J connectivity index is 2.36. The summed E-state index contributed by atoms with van der Waals surface area (Å²) in [5.74, 6) is -0.0441. The Morgan fingerprint density at radius 3 is 2.61 bits per heavy atom. The van der Waals surface area contributed by atoms with E-state index in [1.165, 1.54) is 0 Å². The highest BCUT2D eigenvalue weighted by Crippen LogP contribution is 2.31. The van der Waals surface area contributed by atoms with Crippen LogP contribution in [0.15, 0.2) is 53.1 Å². The highest BCUT2D eigenvalue weighted by Gasteiger charge is 2.20. The number of primary amides is 1. The average molecular weight is 238 g/mol. The molecule has 0 unspecified atom stereocenters. The topological polar surface area (TPSA) is 69.1 Å². The zero-order chi connectivity index (χ0) is 12.5. The molecule has 88 valence electrons. The molecule has 0 aliphatic heterocycles. The van der Waals surface area contributed by atoms with Crippen LogP contribution in [0.25, 0.3) is 22.4 Å². The van der Waals surface area contributed by atoms with E-state index in [4.69, 9.17) is 10.2 Å². The Morgan fingerprint density at radius 2 is 1.89 bits per heavy atom. The molecule has 0 saturated heterocycles. The molecule has 1 aromatic carbocycles. The van der Waals surface area contributed by atoms with Crippen LogP contribution >= 0.6 is 0 Å². The second-order valence-electron chi connectivity index (χ2n) is 3.89. The zero-order valence-corrected chi connectivity index (χ0v) is 9.46. The predicted molar refractivity (Wildman–Crippen MR) is 68.0 cm³/mol. The number of amides is 1. The lowest BCUT2D eigenvalue weighted by Gasteiger charge is -1.98. The Hall–Kier alpha value is -2.62. The van der Waals surface area contributed by atoms with E-state index in [0.29, 0.717) is 22.4 Å². The van der Waals surface area contributed by atoms with E-state index in [1.807, 2.05) is 30.3 Å². The fourth-order valence-corrected chi connectivity index (χ4v) is 1.97. The Kier molecular flexibility index (Phi) is 2.34. The standard InChI is InChI=1S/C14H10N2O2/c15-13(17)11-10-7-4-8-16-14(10)18-12(11)9-5-2-1-3-6-9/h1-8H,(H2,15,17). The average Bonchev–Trinajstić information content (AvgIpc) is 2.79. The first-order valence-electron chi connectivity index (χ1n) is 5.50. The molecule has 4 heteroatoms. The molecular weight excluding hydrogens is 228 g/mol. The van der Waals surface area contributed by atoms with Crippen LogP contribution < -0.4 is 5.73 Å². The summed E-state index contributed by atoms with van der Waals surface area (Å²) in [5.41, 5.74) is 7.05. The second-order valence-corrected chi connectivity index (χ2v) is 3.89. The number of benzene rings is 1. The second kappa shape index (κ2) is 4.00. The van der Waals surface area contributed by atoms with Crippen molar-refractivity contribution in [3.8, 4) is 11.3 Å². The molecule has 1 amide bonds. The van der Waals surface area contributed by atoms with Crippen molar-refractivity contribution in [1.82, 2.24) is 4.98 Å². The van der Waals surface area contributed by atoms with Crippen molar-refractivity contribution in [3.05, 3.63) is 54.2 Å². The Labute approximate surface area is 103 Å². The van der Waals surface area contributed by atoms with E-state index >= 15 is 0 Å². The van der Waals surface area contributed by atoms with E-state index in [-0.39, 0.29) is 0 Å². The Bertz CT molecular complexity index is 717. The van der Waals surface area contributed by atoms with Crippen LogP contribution in [-0.2, 0) is 0 Å². The number of nitrogens with zero attached hydrogens (tertiary/aromatic N) is 1. The number of carbonyl (C=O) groups is 1. The molecule has 0 aliphatic rings. The summed E-state index contributed by atoms with van der Waals surface area (Å²) >= 11 is 0. The number of aromatic nitrogens is 1. The van der Waals surface area contributed by atoms with Crippen LogP contribution in [-0.4, -0.2) is 10.9 Å². The molecule has 4 nitrogen and oxygen atoms in total. The quantitative estimate of drug-likeness (QED) is 0.746. The molecule has 0 bridgehead atoms. The van der Waals surface area contributed by atoms with Gasteiger partial charge in [-0.1, -0.05) is 30.3 Å². The van der Waals surface area contributed by atoms with Crippen LogP contribution in [0.1, 0.15) is 10.4 Å². The third-order valence-electron chi connectivity index (χ3n) is 2.75. The number of rotatable bonds is 2. The normalized spacial score (nSPS) is 10.7. The molecular formula is C14H10N2O2. The van der Waals surface area contributed by atoms with Gasteiger partial charge in [-0.05, 0) is 12.1 Å². The smallest absolute Gasteiger partial charge is 0.253 e. The molecule has 0 radical (unpaired) electrons. The van der Waals surface area contributed by atoms with Crippen molar-refractivity contribution in [1.29, 1.82) is 0 Å². The summed E-state index contributed by atoms with van der Waals surface area (Å²) in [6.07, 6.45) is 1.62. The summed E-state index contributed by atoms with van der Waals surface area (Å²) in [5, 5.41) is 0.642. The summed E-state index contributed by atoms with van der Waals surface area (Å²) in [7, 11) is 0. The number of fused-ring (bicyclic) bond motifs is 1. The van der Waals surface area contributed by atoms with Gasteiger partial charge in [-0.3, -0.25) is 4.79 Å². The maximum atomic E-state index is 11.6. The van der Waals surface area contributed by atoms with Gasteiger partial charge in [0.1, 0.15) is 5.76 Å². The number of carbonyl (C=O) groups excluding carboxylic acids is 1. The van der Waals surface area contributed by atoms with Crippen molar-refractivity contribution < 1.29 is 9.21 Å². The van der Waals surface area contributed by atoms with E-state index < -0.39 is 5.91 Å². The van der Waals surface area contributed by atoms with Gasteiger partial charge in [0, 0.05) is 11.8 Å². The minimum absolute atomic E-state index is 0.379. The molecule has 0 saturated carbocycles. The molecule has 0 fully saturated rings. The molecule has 2 heterocycles. The third kappa shape index (κ3) is 1.55.